The van der Waals surface area contributed by atoms with Crippen molar-refractivity contribution in [3.8, 4) is 6.07 Å². The van der Waals surface area contributed by atoms with E-state index in [1.807, 2.05) is 12.1 Å². The SMILES string of the molecule is CCN(CC1CCCN1)c1c(C)cccc1C#N. The van der Waals surface area contributed by atoms with Crippen molar-refractivity contribution in [2.45, 2.75) is 32.7 Å². The Kier molecular flexibility index (Phi) is 4.22. The molecule has 1 aliphatic heterocycles. The maximum atomic E-state index is 9.26. The zero-order valence-electron chi connectivity index (χ0n) is 11.2. The van der Waals surface area contributed by atoms with Crippen LogP contribution >= 0.6 is 0 Å². The lowest BCUT2D eigenvalue weighted by Gasteiger charge is -2.28. The predicted molar refractivity (Wildman–Crippen MR) is 74.8 cm³/mol. The molecule has 1 heterocycles. The van der Waals surface area contributed by atoms with E-state index in [2.05, 4.69) is 36.2 Å². The Hall–Kier alpha value is -1.53. The number of likely N-dealkylation sites (N-methyl/N-ethyl adjacent to an activating group) is 1. The van der Waals surface area contributed by atoms with E-state index in [1.165, 1.54) is 18.4 Å². The molecule has 18 heavy (non-hydrogen) atoms. The molecule has 1 fully saturated rings. The second-order valence-electron chi connectivity index (χ2n) is 4.91. The first kappa shape index (κ1) is 12.9. The van der Waals surface area contributed by atoms with E-state index in [9.17, 15) is 5.26 Å². The lowest BCUT2D eigenvalue weighted by atomic mass is 10.1. The second kappa shape index (κ2) is 5.88. The summed E-state index contributed by atoms with van der Waals surface area (Å²) >= 11 is 0. The van der Waals surface area contributed by atoms with E-state index < -0.39 is 0 Å². The molecule has 3 nitrogen and oxygen atoms in total. The highest BCUT2D eigenvalue weighted by Crippen LogP contribution is 2.25. The van der Waals surface area contributed by atoms with Gasteiger partial charge in [-0.05, 0) is 44.9 Å². The highest BCUT2D eigenvalue weighted by Gasteiger charge is 2.19. The fraction of sp³-hybridized carbons (Fsp3) is 0.533. The average molecular weight is 243 g/mol. The number of aryl methyl sites for hydroxylation is 1. The highest BCUT2D eigenvalue weighted by molar-refractivity contribution is 5.64. The van der Waals surface area contributed by atoms with Gasteiger partial charge in [0.15, 0.2) is 0 Å². The molecule has 0 bridgehead atoms. The van der Waals surface area contributed by atoms with Crippen LogP contribution in [0.15, 0.2) is 18.2 Å². The molecule has 1 unspecified atom stereocenters. The summed E-state index contributed by atoms with van der Waals surface area (Å²) in [4.78, 5) is 2.33. The van der Waals surface area contributed by atoms with E-state index in [0.717, 1.165) is 30.9 Å². The van der Waals surface area contributed by atoms with Gasteiger partial charge in [-0.3, -0.25) is 0 Å². The van der Waals surface area contributed by atoms with Crippen molar-refractivity contribution in [1.29, 1.82) is 5.26 Å². The summed E-state index contributed by atoms with van der Waals surface area (Å²) in [6.07, 6.45) is 2.51. The molecule has 1 aliphatic rings. The third-order valence-electron chi connectivity index (χ3n) is 3.66. The first-order chi connectivity index (χ1) is 8.76. The monoisotopic (exact) mass is 243 g/mol. The fourth-order valence-corrected chi connectivity index (χ4v) is 2.73. The Bertz CT molecular complexity index is 442. The number of nitrogens with zero attached hydrogens (tertiary/aromatic N) is 2. The third-order valence-corrected chi connectivity index (χ3v) is 3.66. The maximum absolute atomic E-state index is 9.26. The van der Waals surface area contributed by atoms with Gasteiger partial charge in [0.2, 0.25) is 0 Å². The first-order valence-electron chi connectivity index (χ1n) is 6.74. The standard InChI is InChI=1S/C15H21N3/c1-3-18(11-14-8-5-9-17-14)15-12(2)6-4-7-13(15)10-16/h4,6-7,14,17H,3,5,8-9,11H2,1-2H3. The molecule has 0 aromatic heterocycles. The smallest absolute Gasteiger partial charge is 0.101 e. The van der Waals surface area contributed by atoms with Crippen molar-refractivity contribution in [2.24, 2.45) is 0 Å². The molecule has 0 radical (unpaired) electrons. The van der Waals surface area contributed by atoms with Gasteiger partial charge >= 0.3 is 0 Å². The maximum Gasteiger partial charge on any atom is 0.101 e. The van der Waals surface area contributed by atoms with Crippen molar-refractivity contribution in [3.05, 3.63) is 29.3 Å². The molecule has 2 rings (SSSR count). The van der Waals surface area contributed by atoms with E-state index in [-0.39, 0.29) is 0 Å². The Morgan fingerprint density at radius 2 is 2.33 bits per heavy atom. The number of hydrogen-bond donors (Lipinski definition) is 1. The zero-order chi connectivity index (χ0) is 13.0. The molecular weight excluding hydrogens is 222 g/mol. The molecule has 0 spiro atoms. The van der Waals surface area contributed by atoms with E-state index in [0.29, 0.717) is 6.04 Å². The first-order valence-corrected chi connectivity index (χ1v) is 6.74. The zero-order valence-corrected chi connectivity index (χ0v) is 11.2. The van der Waals surface area contributed by atoms with Gasteiger partial charge in [0.1, 0.15) is 6.07 Å². The van der Waals surface area contributed by atoms with Crippen molar-refractivity contribution < 1.29 is 0 Å². The summed E-state index contributed by atoms with van der Waals surface area (Å²) in [5.74, 6) is 0. The van der Waals surface area contributed by atoms with Crippen LogP contribution in [0.5, 0.6) is 0 Å². The number of benzene rings is 1. The third kappa shape index (κ3) is 2.65. The lowest BCUT2D eigenvalue weighted by Crippen LogP contribution is -2.38. The summed E-state index contributed by atoms with van der Waals surface area (Å²) in [5, 5.41) is 12.8. The summed E-state index contributed by atoms with van der Waals surface area (Å²) in [5.41, 5.74) is 3.08. The van der Waals surface area contributed by atoms with E-state index >= 15 is 0 Å². The van der Waals surface area contributed by atoms with Crippen molar-refractivity contribution >= 4 is 5.69 Å². The molecule has 1 saturated heterocycles. The molecule has 3 heteroatoms. The number of hydrogen-bond acceptors (Lipinski definition) is 3. The van der Waals surface area contributed by atoms with Crippen LogP contribution in [-0.2, 0) is 0 Å². The van der Waals surface area contributed by atoms with Gasteiger partial charge in [-0.2, -0.15) is 5.26 Å². The van der Waals surface area contributed by atoms with Crippen molar-refractivity contribution in [3.63, 3.8) is 0 Å². The molecule has 1 atom stereocenters. The Labute approximate surface area is 109 Å². The summed E-state index contributed by atoms with van der Waals surface area (Å²) in [7, 11) is 0. The van der Waals surface area contributed by atoms with Gasteiger partial charge in [-0.15, -0.1) is 0 Å². The molecule has 0 amide bonds. The van der Waals surface area contributed by atoms with Gasteiger partial charge in [0.05, 0.1) is 11.3 Å². The molecule has 1 N–H and O–H groups in total. The summed E-state index contributed by atoms with van der Waals surface area (Å²) < 4.78 is 0. The van der Waals surface area contributed by atoms with Crippen LogP contribution < -0.4 is 10.2 Å². The summed E-state index contributed by atoms with van der Waals surface area (Å²) in [6.45, 7) is 7.30. The minimum Gasteiger partial charge on any atom is -0.369 e. The van der Waals surface area contributed by atoms with Crippen molar-refractivity contribution in [2.75, 3.05) is 24.5 Å². The number of para-hydroxylation sites is 1. The largest absolute Gasteiger partial charge is 0.369 e. The van der Waals surface area contributed by atoms with Crippen LogP contribution in [0, 0.1) is 18.3 Å². The molecular formula is C15H21N3. The molecule has 0 saturated carbocycles. The minimum atomic E-state index is 0.566. The Morgan fingerprint density at radius 1 is 1.50 bits per heavy atom. The van der Waals surface area contributed by atoms with Crippen LogP contribution in [0.3, 0.4) is 0 Å². The van der Waals surface area contributed by atoms with Gasteiger partial charge in [0, 0.05) is 19.1 Å². The topological polar surface area (TPSA) is 39.1 Å². The van der Waals surface area contributed by atoms with Gasteiger partial charge in [-0.1, -0.05) is 12.1 Å². The quantitative estimate of drug-likeness (QED) is 0.883. The van der Waals surface area contributed by atoms with E-state index in [1.54, 1.807) is 0 Å². The van der Waals surface area contributed by atoms with Crippen molar-refractivity contribution in [1.82, 2.24) is 5.32 Å². The Balaban J connectivity index is 2.23. The van der Waals surface area contributed by atoms with Crippen LogP contribution in [0.4, 0.5) is 5.69 Å². The molecule has 0 aliphatic carbocycles. The average Bonchev–Trinajstić information content (AvgIpc) is 2.89. The number of nitriles is 1. The van der Waals surface area contributed by atoms with Crippen LogP contribution in [-0.4, -0.2) is 25.7 Å². The number of anilines is 1. The second-order valence-corrected chi connectivity index (χ2v) is 4.91. The van der Waals surface area contributed by atoms with Crippen LogP contribution in [0.25, 0.3) is 0 Å². The van der Waals surface area contributed by atoms with Gasteiger partial charge in [0.25, 0.3) is 0 Å². The normalized spacial score (nSPS) is 18.6. The molecule has 96 valence electrons. The summed E-state index contributed by atoms with van der Waals surface area (Å²) in [6, 6.07) is 8.83. The highest BCUT2D eigenvalue weighted by atomic mass is 15.2. The van der Waals surface area contributed by atoms with E-state index in [4.69, 9.17) is 0 Å². The fourth-order valence-electron chi connectivity index (χ4n) is 2.73. The van der Waals surface area contributed by atoms with Crippen LogP contribution in [0.2, 0.25) is 0 Å². The molecule has 1 aromatic rings. The number of nitrogens with one attached hydrogen (secondary N) is 1. The molecule has 1 aromatic carbocycles. The minimum absolute atomic E-state index is 0.566. The van der Waals surface area contributed by atoms with Gasteiger partial charge < -0.3 is 10.2 Å². The number of rotatable bonds is 4. The predicted octanol–water partition coefficient (Wildman–Crippen LogP) is 2.45. The lowest BCUT2D eigenvalue weighted by molar-refractivity contribution is 0.586. The van der Waals surface area contributed by atoms with Crippen LogP contribution in [0.1, 0.15) is 30.9 Å². The van der Waals surface area contributed by atoms with Gasteiger partial charge in [-0.25, -0.2) is 0 Å². The Morgan fingerprint density at radius 3 is 2.94 bits per heavy atom.